The van der Waals surface area contributed by atoms with Gasteiger partial charge in [-0.05, 0) is 48.9 Å². The van der Waals surface area contributed by atoms with Gasteiger partial charge >= 0.3 is 12.1 Å². The highest BCUT2D eigenvalue weighted by atomic mass is 16.5. The summed E-state index contributed by atoms with van der Waals surface area (Å²) >= 11 is 0. The molecule has 3 rings (SSSR count). The lowest BCUT2D eigenvalue weighted by molar-refractivity contribution is -0.141. The van der Waals surface area contributed by atoms with E-state index < -0.39 is 23.5 Å². The van der Waals surface area contributed by atoms with E-state index in [4.69, 9.17) is 9.84 Å². The molecule has 2 amide bonds. The summed E-state index contributed by atoms with van der Waals surface area (Å²) in [6.07, 6.45) is 0.349. The molecule has 32 heavy (non-hydrogen) atoms. The molecule has 0 spiro atoms. The first-order valence-corrected chi connectivity index (χ1v) is 10.8. The minimum Gasteiger partial charge on any atom is -0.481 e. The number of aliphatic carboxylic acids is 1. The maximum Gasteiger partial charge on any atom is 0.408 e. The molecule has 0 aromatic heterocycles. The number of amides is 2. The van der Waals surface area contributed by atoms with Gasteiger partial charge in [-0.25, -0.2) is 4.79 Å². The Morgan fingerprint density at radius 2 is 1.59 bits per heavy atom. The smallest absolute Gasteiger partial charge is 0.408 e. The molecule has 7 nitrogen and oxygen atoms in total. The van der Waals surface area contributed by atoms with Crippen LogP contribution in [-0.2, 0) is 14.3 Å². The largest absolute Gasteiger partial charge is 0.481 e. The summed E-state index contributed by atoms with van der Waals surface area (Å²) in [4.78, 5) is 35.8. The summed E-state index contributed by atoms with van der Waals surface area (Å²) in [5, 5.41) is 14.3. The number of carbonyl (C=O) groups excluding carboxylic acids is 2. The number of nitrogens with one attached hydrogen (secondary N) is 2. The Labute approximate surface area is 188 Å². The molecule has 2 aromatic carbocycles. The maximum atomic E-state index is 12.5. The first kappa shape index (κ1) is 23.3. The summed E-state index contributed by atoms with van der Waals surface area (Å²) in [5.41, 5.74) is 3.37. The van der Waals surface area contributed by atoms with Gasteiger partial charge in [-0.1, -0.05) is 55.5 Å². The quantitative estimate of drug-likeness (QED) is 0.515. The molecule has 170 valence electrons. The fourth-order valence-electron chi connectivity index (χ4n) is 3.90. The van der Waals surface area contributed by atoms with Crippen LogP contribution in [0.3, 0.4) is 0 Å². The molecule has 3 N–H and O–H groups in total. The summed E-state index contributed by atoms with van der Waals surface area (Å²) in [7, 11) is 0. The molecule has 0 fully saturated rings. The molecule has 0 aliphatic heterocycles. The van der Waals surface area contributed by atoms with Crippen LogP contribution in [0.2, 0.25) is 0 Å². The van der Waals surface area contributed by atoms with Crippen molar-refractivity contribution in [3.63, 3.8) is 0 Å². The van der Waals surface area contributed by atoms with E-state index in [0.29, 0.717) is 19.4 Å². The van der Waals surface area contributed by atoms with Crippen molar-refractivity contribution in [2.75, 3.05) is 13.2 Å². The highest BCUT2D eigenvalue weighted by molar-refractivity contribution is 5.89. The zero-order chi connectivity index (χ0) is 23.3. The molecule has 2 aromatic rings. The highest BCUT2D eigenvalue weighted by Gasteiger charge is 2.32. The van der Waals surface area contributed by atoms with Gasteiger partial charge in [0, 0.05) is 12.5 Å². The predicted molar refractivity (Wildman–Crippen MR) is 121 cm³/mol. The molecular weight excluding hydrogens is 408 g/mol. The van der Waals surface area contributed by atoms with Crippen LogP contribution < -0.4 is 10.6 Å². The first-order valence-electron chi connectivity index (χ1n) is 10.8. The van der Waals surface area contributed by atoms with Crippen molar-refractivity contribution in [3.05, 3.63) is 59.7 Å². The Kier molecular flexibility index (Phi) is 7.18. The summed E-state index contributed by atoms with van der Waals surface area (Å²) in [5.74, 6) is -1.72. The van der Waals surface area contributed by atoms with Crippen LogP contribution in [0.4, 0.5) is 4.79 Å². The van der Waals surface area contributed by atoms with Crippen molar-refractivity contribution in [3.8, 4) is 11.1 Å². The van der Waals surface area contributed by atoms with Gasteiger partial charge in [0.05, 0.1) is 5.92 Å². The van der Waals surface area contributed by atoms with Gasteiger partial charge in [0.15, 0.2) is 0 Å². The second kappa shape index (κ2) is 9.85. The SMILES string of the molecule is CC(CCCNC(=O)C(C)(C)NC(=O)OCC1c2ccccc2-c2ccccc21)C(=O)O. The number of fused-ring (bicyclic) bond motifs is 3. The van der Waals surface area contributed by atoms with Crippen LogP contribution in [0, 0.1) is 5.92 Å². The molecule has 0 bridgehead atoms. The second-order valence-corrected chi connectivity index (χ2v) is 8.71. The van der Waals surface area contributed by atoms with Gasteiger partial charge in [0.1, 0.15) is 12.1 Å². The van der Waals surface area contributed by atoms with E-state index in [1.165, 1.54) is 0 Å². The van der Waals surface area contributed by atoms with Gasteiger partial charge in [-0.3, -0.25) is 9.59 Å². The number of carbonyl (C=O) groups is 3. The van der Waals surface area contributed by atoms with Crippen molar-refractivity contribution in [2.45, 2.75) is 45.1 Å². The Balaban J connectivity index is 1.52. The number of benzene rings is 2. The van der Waals surface area contributed by atoms with Crippen LogP contribution in [0.25, 0.3) is 11.1 Å². The van der Waals surface area contributed by atoms with E-state index in [-0.39, 0.29) is 18.4 Å². The van der Waals surface area contributed by atoms with E-state index in [1.54, 1.807) is 20.8 Å². The number of carboxylic acid groups (broad SMARTS) is 1. The van der Waals surface area contributed by atoms with Crippen molar-refractivity contribution >= 4 is 18.0 Å². The van der Waals surface area contributed by atoms with Crippen LogP contribution in [-0.4, -0.2) is 41.8 Å². The van der Waals surface area contributed by atoms with E-state index in [0.717, 1.165) is 22.3 Å². The predicted octanol–water partition coefficient (Wildman–Crippen LogP) is 3.92. The van der Waals surface area contributed by atoms with Gasteiger partial charge in [0.25, 0.3) is 0 Å². The molecule has 0 saturated carbocycles. The molecule has 0 saturated heterocycles. The van der Waals surface area contributed by atoms with Gasteiger partial charge in [-0.2, -0.15) is 0 Å². The van der Waals surface area contributed by atoms with Crippen molar-refractivity contribution in [1.82, 2.24) is 10.6 Å². The van der Waals surface area contributed by atoms with Crippen LogP contribution >= 0.6 is 0 Å². The van der Waals surface area contributed by atoms with E-state index in [1.807, 2.05) is 36.4 Å². The molecular formula is C25H30N2O5. The monoisotopic (exact) mass is 438 g/mol. The van der Waals surface area contributed by atoms with E-state index in [2.05, 4.69) is 22.8 Å². The first-order chi connectivity index (χ1) is 15.2. The summed E-state index contributed by atoms with van der Waals surface area (Å²) in [6, 6.07) is 16.2. The minimum absolute atomic E-state index is 0.0543. The van der Waals surface area contributed by atoms with Crippen LogP contribution in [0.1, 0.15) is 50.7 Å². The minimum atomic E-state index is -1.17. The number of carboxylic acids is 1. The van der Waals surface area contributed by atoms with E-state index in [9.17, 15) is 14.4 Å². The van der Waals surface area contributed by atoms with Crippen molar-refractivity contribution in [2.24, 2.45) is 5.92 Å². The number of hydrogen-bond acceptors (Lipinski definition) is 4. The van der Waals surface area contributed by atoms with Crippen LogP contribution in [0.15, 0.2) is 48.5 Å². The third-order valence-corrected chi connectivity index (χ3v) is 5.85. The molecule has 0 heterocycles. The molecule has 0 radical (unpaired) electrons. The average molecular weight is 439 g/mol. The Morgan fingerprint density at radius 1 is 1.03 bits per heavy atom. The Morgan fingerprint density at radius 3 is 2.16 bits per heavy atom. The Hall–Kier alpha value is -3.35. The molecule has 7 heteroatoms. The topological polar surface area (TPSA) is 105 Å². The Bertz CT molecular complexity index is 956. The number of alkyl carbamates (subject to hydrolysis) is 1. The number of rotatable bonds is 9. The molecule has 1 atom stereocenters. The normalized spacial score (nSPS) is 13.6. The van der Waals surface area contributed by atoms with Crippen LogP contribution in [0.5, 0.6) is 0 Å². The van der Waals surface area contributed by atoms with E-state index >= 15 is 0 Å². The highest BCUT2D eigenvalue weighted by Crippen LogP contribution is 2.44. The fourth-order valence-corrected chi connectivity index (χ4v) is 3.90. The van der Waals surface area contributed by atoms with Gasteiger partial charge < -0.3 is 20.5 Å². The summed E-state index contributed by atoms with van der Waals surface area (Å²) < 4.78 is 5.51. The summed E-state index contributed by atoms with van der Waals surface area (Å²) in [6.45, 7) is 5.34. The zero-order valence-corrected chi connectivity index (χ0v) is 18.7. The number of ether oxygens (including phenoxy) is 1. The third-order valence-electron chi connectivity index (χ3n) is 5.85. The second-order valence-electron chi connectivity index (χ2n) is 8.71. The van der Waals surface area contributed by atoms with Crippen molar-refractivity contribution in [1.29, 1.82) is 0 Å². The molecule has 1 aliphatic carbocycles. The standard InChI is InChI=1S/C25H30N2O5/c1-16(22(28)29)9-8-14-26-23(30)25(2,3)27-24(31)32-15-21-19-12-6-4-10-17(19)18-11-5-7-13-20(18)21/h4-7,10-13,16,21H,8-9,14-15H2,1-3H3,(H,26,30)(H,27,31)(H,28,29). The zero-order valence-electron chi connectivity index (χ0n) is 18.7. The third kappa shape index (κ3) is 5.28. The molecule has 1 aliphatic rings. The van der Waals surface area contributed by atoms with Gasteiger partial charge in [-0.15, -0.1) is 0 Å². The average Bonchev–Trinajstić information content (AvgIpc) is 3.08. The number of hydrogen-bond donors (Lipinski definition) is 3. The molecule has 1 unspecified atom stereocenters. The van der Waals surface area contributed by atoms with Crippen molar-refractivity contribution < 1.29 is 24.2 Å². The fraction of sp³-hybridized carbons (Fsp3) is 0.400. The lowest BCUT2D eigenvalue weighted by Gasteiger charge is -2.25. The lowest BCUT2D eigenvalue weighted by atomic mass is 9.98. The van der Waals surface area contributed by atoms with Gasteiger partial charge in [0.2, 0.25) is 5.91 Å². The maximum absolute atomic E-state index is 12.5. The lowest BCUT2D eigenvalue weighted by Crippen LogP contribution is -2.55.